The minimum absolute atomic E-state index is 0.0309. The SMILES string of the molecule is CC(C)CCN(CC(=O)N1CCc2ccccc2C1)C(=O)c1ccc(Cl)c(Cl)c1. The number of carbonyl (C=O) groups excluding carboxylic acids is 2. The van der Waals surface area contributed by atoms with E-state index in [1.165, 1.54) is 11.1 Å². The molecule has 4 nitrogen and oxygen atoms in total. The molecular formula is C23H26Cl2N2O2. The number of nitrogens with zero attached hydrogens (tertiary/aromatic N) is 2. The van der Waals surface area contributed by atoms with Gasteiger partial charge in [-0.05, 0) is 48.1 Å². The molecule has 0 fully saturated rings. The van der Waals surface area contributed by atoms with Gasteiger partial charge in [0.1, 0.15) is 6.54 Å². The molecule has 0 aromatic heterocycles. The van der Waals surface area contributed by atoms with Crippen molar-refractivity contribution in [2.45, 2.75) is 33.2 Å². The van der Waals surface area contributed by atoms with Crippen LogP contribution in [0.1, 0.15) is 41.8 Å². The Hall–Kier alpha value is -2.04. The Morgan fingerprint density at radius 2 is 1.79 bits per heavy atom. The zero-order chi connectivity index (χ0) is 21.0. The molecular weight excluding hydrogens is 407 g/mol. The van der Waals surface area contributed by atoms with Crippen LogP contribution < -0.4 is 0 Å². The van der Waals surface area contributed by atoms with Crippen LogP contribution in [0, 0.1) is 5.92 Å². The third-order valence-electron chi connectivity index (χ3n) is 5.24. The molecule has 0 bridgehead atoms. The number of fused-ring (bicyclic) bond motifs is 1. The van der Waals surface area contributed by atoms with E-state index >= 15 is 0 Å². The van der Waals surface area contributed by atoms with Crippen molar-refractivity contribution in [1.29, 1.82) is 0 Å². The third-order valence-corrected chi connectivity index (χ3v) is 5.98. The van der Waals surface area contributed by atoms with Crippen molar-refractivity contribution < 1.29 is 9.59 Å². The van der Waals surface area contributed by atoms with Gasteiger partial charge in [0.15, 0.2) is 0 Å². The van der Waals surface area contributed by atoms with Gasteiger partial charge in [0.2, 0.25) is 5.91 Å². The van der Waals surface area contributed by atoms with Gasteiger partial charge in [-0.15, -0.1) is 0 Å². The van der Waals surface area contributed by atoms with Gasteiger partial charge >= 0.3 is 0 Å². The van der Waals surface area contributed by atoms with Gasteiger partial charge in [0, 0.05) is 25.2 Å². The van der Waals surface area contributed by atoms with Crippen LogP contribution >= 0.6 is 23.2 Å². The molecule has 154 valence electrons. The van der Waals surface area contributed by atoms with E-state index in [-0.39, 0.29) is 18.4 Å². The molecule has 0 spiro atoms. The molecule has 3 rings (SSSR count). The van der Waals surface area contributed by atoms with Crippen LogP contribution in [0.3, 0.4) is 0 Å². The summed E-state index contributed by atoms with van der Waals surface area (Å²) in [5, 5.41) is 0.736. The maximum Gasteiger partial charge on any atom is 0.254 e. The Bertz CT molecular complexity index is 898. The van der Waals surface area contributed by atoms with Crippen LogP contribution in [0.15, 0.2) is 42.5 Å². The molecule has 6 heteroatoms. The lowest BCUT2D eigenvalue weighted by Gasteiger charge is -2.31. The fourth-order valence-electron chi connectivity index (χ4n) is 3.45. The zero-order valence-electron chi connectivity index (χ0n) is 16.8. The first kappa shape index (κ1) is 21.7. The van der Waals surface area contributed by atoms with Crippen molar-refractivity contribution in [2.24, 2.45) is 5.92 Å². The van der Waals surface area contributed by atoms with E-state index in [0.717, 1.165) is 12.8 Å². The number of amides is 2. The molecule has 2 aromatic rings. The molecule has 0 unspecified atom stereocenters. The molecule has 2 amide bonds. The lowest BCUT2D eigenvalue weighted by molar-refractivity contribution is -0.132. The van der Waals surface area contributed by atoms with Crippen molar-refractivity contribution in [3.63, 3.8) is 0 Å². The average molecular weight is 433 g/mol. The highest BCUT2D eigenvalue weighted by Crippen LogP contribution is 2.24. The predicted octanol–water partition coefficient (Wildman–Crippen LogP) is 5.07. The molecule has 0 N–H and O–H groups in total. The van der Waals surface area contributed by atoms with Crippen molar-refractivity contribution in [3.05, 3.63) is 69.2 Å². The highest BCUT2D eigenvalue weighted by Gasteiger charge is 2.25. The van der Waals surface area contributed by atoms with Gasteiger partial charge in [-0.1, -0.05) is 61.3 Å². The first-order valence-corrected chi connectivity index (χ1v) is 10.7. The van der Waals surface area contributed by atoms with E-state index in [9.17, 15) is 9.59 Å². The lowest BCUT2D eigenvalue weighted by Crippen LogP contribution is -2.45. The smallest absolute Gasteiger partial charge is 0.254 e. The highest BCUT2D eigenvalue weighted by molar-refractivity contribution is 6.42. The second-order valence-corrected chi connectivity index (χ2v) is 8.69. The second-order valence-electron chi connectivity index (χ2n) is 7.87. The largest absolute Gasteiger partial charge is 0.336 e. The average Bonchev–Trinajstić information content (AvgIpc) is 2.71. The van der Waals surface area contributed by atoms with E-state index in [2.05, 4.69) is 26.0 Å². The Morgan fingerprint density at radius 3 is 2.48 bits per heavy atom. The number of hydrogen-bond acceptors (Lipinski definition) is 2. The van der Waals surface area contributed by atoms with Gasteiger partial charge in [0.05, 0.1) is 10.0 Å². The Labute approximate surface area is 182 Å². The van der Waals surface area contributed by atoms with Crippen molar-refractivity contribution >= 4 is 35.0 Å². The van der Waals surface area contributed by atoms with Crippen LogP contribution in [-0.2, 0) is 17.8 Å². The molecule has 0 aliphatic carbocycles. The van der Waals surface area contributed by atoms with Crippen molar-refractivity contribution in [1.82, 2.24) is 9.80 Å². The van der Waals surface area contributed by atoms with Crippen LogP contribution in [-0.4, -0.2) is 41.2 Å². The maximum atomic E-state index is 13.1. The summed E-state index contributed by atoms with van der Waals surface area (Å²) in [4.78, 5) is 29.6. The molecule has 1 aliphatic rings. The van der Waals surface area contributed by atoms with Gasteiger partial charge in [-0.3, -0.25) is 9.59 Å². The molecule has 1 heterocycles. The van der Waals surface area contributed by atoms with E-state index in [1.54, 1.807) is 23.1 Å². The maximum absolute atomic E-state index is 13.1. The van der Waals surface area contributed by atoms with E-state index in [0.29, 0.717) is 41.2 Å². The standard InChI is InChI=1S/C23H26Cl2N2O2/c1-16(2)9-11-27(23(29)18-7-8-20(24)21(25)13-18)15-22(28)26-12-10-17-5-3-4-6-19(17)14-26/h3-8,13,16H,9-12,14-15H2,1-2H3. The zero-order valence-corrected chi connectivity index (χ0v) is 18.3. The van der Waals surface area contributed by atoms with Gasteiger partial charge in [-0.2, -0.15) is 0 Å². The summed E-state index contributed by atoms with van der Waals surface area (Å²) in [6, 6.07) is 13.0. The summed E-state index contributed by atoms with van der Waals surface area (Å²) < 4.78 is 0. The quantitative estimate of drug-likeness (QED) is 0.639. The van der Waals surface area contributed by atoms with E-state index in [1.807, 2.05) is 17.0 Å². The molecule has 0 saturated carbocycles. The fraction of sp³-hybridized carbons (Fsp3) is 0.391. The summed E-state index contributed by atoms with van der Waals surface area (Å²) in [5.41, 5.74) is 2.91. The lowest BCUT2D eigenvalue weighted by atomic mass is 10.00. The number of benzene rings is 2. The molecule has 29 heavy (non-hydrogen) atoms. The second kappa shape index (κ2) is 9.64. The summed E-state index contributed by atoms with van der Waals surface area (Å²) in [6.45, 7) is 6.06. The summed E-state index contributed by atoms with van der Waals surface area (Å²) >= 11 is 12.1. The Balaban J connectivity index is 1.73. The number of halogens is 2. The van der Waals surface area contributed by atoms with E-state index in [4.69, 9.17) is 23.2 Å². The fourth-order valence-corrected chi connectivity index (χ4v) is 3.75. The monoisotopic (exact) mass is 432 g/mol. The number of carbonyl (C=O) groups is 2. The normalized spacial score (nSPS) is 13.3. The van der Waals surface area contributed by atoms with Crippen LogP contribution in [0.25, 0.3) is 0 Å². The topological polar surface area (TPSA) is 40.6 Å². The van der Waals surface area contributed by atoms with Crippen LogP contribution in [0.4, 0.5) is 0 Å². The molecule has 0 atom stereocenters. The minimum atomic E-state index is -0.199. The molecule has 2 aromatic carbocycles. The molecule has 0 saturated heterocycles. The van der Waals surface area contributed by atoms with Crippen molar-refractivity contribution in [2.75, 3.05) is 19.6 Å². The number of rotatable bonds is 6. The highest BCUT2D eigenvalue weighted by atomic mass is 35.5. The predicted molar refractivity (Wildman–Crippen MR) is 117 cm³/mol. The van der Waals surface area contributed by atoms with Crippen LogP contribution in [0.2, 0.25) is 10.0 Å². The van der Waals surface area contributed by atoms with Gasteiger partial charge in [-0.25, -0.2) is 0 Å². The van der Waals surface area contributed by atoms with Crippen LogP contribution in [0.5, 0.6) is 0 Å². The van der Waals surface area contributed by atoms with Gasteiger partial charge < -0.3 is 9.80 Å². The number of hydrogen-bond donors (Lipinski definition) is 0. The molecule has 1 aliphatic heterocycles. The Morgan fingerprint density at radius 1 is 1.07 bits per heavy atom. The first-order chi connectivity index (χ1) is 13.8. The Kier molecular flexibility index (Phi) is 7.20. The minimum Gasteiger partial charge on any atom is -0.336 e. The van der Waals surface area contributed by atoms with Crippen molar-refractivity contribution in [3.8, 4) is 0 Å². The van der Waals surface area contributed by atoms with Gasteiger partial charge in [0.25, 0.3) is 5.91 Å². The third kappa shape index (κ3) is 5.52. The summed E-state index contributed by atoms with van der Waals surface area (Å²) in [7, 11) is 0. The summed E-state index contributed by atoms with van der Waals surface area (Å²) in [5.74, 6) is 0.197. The summed E-state index contributed by atoms with van der Waals surface area (Å²) in [6.07, 6.45) is 1.66. The molecule has 0 radical (unpaired) electrons. The first-order valence-electron chi connectivity index (χ1n) is 9.94. The van der Waals surface area contributed by atoms with E-state index < -0.39 is 0 Å².